The molecule has 0 bridgehead atoms. The summed E-state index contributed by atoms with van der Waals surface area (Å²) < 4.78 is 19.1. The number of hydrogen-bond acceptors (Lipinski definition) is 8. The molecule has 2 aliphatic heterocycles. The van der Waals surface area contributed by atoms with Crippen molar-refractivity contribution >= 4 is 46.8 Å². The van der Waals surface area contributed by atoms with E-state index >= 15 is 0 Å². The van der Waals surface area contributed by atoms with Crippen molar-refractivity contribution in [3.8, 4) is 0 Å². The summed E-state index contributed by atoms with van der Waals surface area (Å²) in [5.74, 6) is 0. The van der Waals surface area contributed by atoms with Gasteiger partial charge in [0.15, 0.2) is 31.9 Å². The van der Waals surface area contributed by atoms with E-state index in [9.17, 15) is 9.59 Å². The Morgan fingerprint density at radius 3 is 1.65 bits per heavy atom. The molecule has 2 fully saturated rings. The lowest BCUT2D eigenvalue weighted by Gasteiger charge is -2.18. The normalized spacial score (nSPS) is 20.7. The maximum absolute atomic E-state index is 12.7. The van der Waals surface area contributed by atoms with Gasteiger partial charge in [-0.3, -0.25) is 28.7 Å². The van der Waals surface area contributed by atoms with Crippen molar-refractivity contribution in [3.63, 3.8) is 0 Å². The predicted molar refractivity (Wildman–Crippen MR) is 127 cm³/mol. The summed E-state index contributed by atoms with van der Waals surface area (Å²) in [6, 6.07) is 0. The van der Waals surface area contributed by atoms with Gasteiger partial charge in [0.25, 0.3) is 11.1 Å². The smallest absolute Gasteiger partial charge is 0.279 e. The van der Waals surface area contributed by atoms with Gasteiger partial charge < -0.3 is 9.47 Å². The average Bonchev–Trinajstić information content (AvgIpc) is 3.60. The SMILES string of the molecule is O=c1[nH]c(=S)n(CC2CCCO2)c2c1ncn2-n1cnc2c(=O)[nH]c(=S)n(CC3CCCO3)c21. The molecule has 0 aliphatic carbocycles. The van der Waals surface area contributed by atoms with Crippen LogP contribution >= 0.6 is 24.4 Å². The lowest BCUT2D eigenvalue weighted by atomic mass is 10.2. The number of nitrogens with zero attached hydrogens (tertiary/aromatic N) is 6. The number of hydrogen-bond donors (Lipinski definition) is 2. The molecular formula is C20H22N8O4S2. The van der Waals surface area contributed by atoms with E-state index in [0.717, 1.165) is 25.7 Å². The molecule has 2 atom stereocenters. The van der Waals surface area contributed by atoms with E-state index in [1.165, 1.54) is 12.7 Å². The van der Waals surface area contributed by atoms with Gasteiger partial charge in [0.1, 0.15) is 12.7 Å². The van der Waals surface area contributed by atoms with Crippen LogP contribution in [0.2, 0.25) is 0 Å². The number of nitrogens with one attached hydrogen (secondary N) is 2. The zero-order chi connectivity index (χ0) is 23.4. The van der Waals surface area contributed by atoms with Crippen LogP contribution in [0.4, 0.5) is 0 Å². The van der Waals surface area contributed by atoms with Crippen molar-refractivity contribution < 1.29 is 9.47 Å². The molecule has 2 unspecified atom stereocenters. The highest BCUT2D eigenvalue weighted by Gasteiger charge is 2.24. The Bertz CT molecular complexity index is 1510. The first-order chi connectivity index (χ1) is 16.5. The van der Waals surface area contributed by atoms with E-state index in [-0.39, 0.29) is 43.9 Å². The number of aromatic amines is 2. The molecule has 0 radical (unpaired) electrons. The third-order valence-corrected chi connectivity index (χ3v) is 7.02. The lowest BCUT2D eigenvalue weighted by Crippen LogP contribution is -2.25. The Kier molecular flexibility index (Phi) is 5.32. The Hall–Kier alpha value is -2.94. The Balaban J connectivity index is 1.60. The largest absolute Gasteiger partial charge is 0.376 e. The zero-order valence-corrected chi connectivity index (χ0v) is 19.7. The fourth-order valence-electron chi connectivity index (χ4n) is 4.77. The molecule has 0 aromatic carbocycles. The zero-order valence-electron chi connectivity index (χ0n) is 18.1. The second-order valence-electron chi connectivity index (χ2n) is 8.53. The molecule has 0 spiro atoms. The molecular weight excluding hydrogens is 480 g/mol. The standard InChI is InChI=1S/C20H22N8O4S2/c29-15-13-17(25(19(33)23-15)7-11-3-1-5-31-11)27(9-21-13)28-10-22-14-16(30)24-20(34)26(18(14)28)8-12-4-2-6-32-12/h9-12H,1-8H2,(H,23,29,33)(H,24,30,34). The fourth-order valence-corrected chi connectivity index (χ4v) is 5.28. The van der Waals surface area contributed by atoms with Crippen molar-refractivity contribution in [1.29, 1.82) is 0 Å². The highest BCUT2D eigenvalue weighted by atomic mass is 32.1. The monoisotopic (exact) mass is 502 g/mol. The van der Waals surface area contributed by atoms with Gasteiger partial charge in [0.2, 0.25) is 0 Å². The Morgan fingerprint density at radius 2 is 1.26 bits per heavy atom. The number of ether oxygens (including phenoxy) is 2. The second-order valence-corrected chi connectivity index (χ2v) is 9.31. The van der Waals surface area contributed by atoms with Crippen LogP contribution in [0.15, 0.2) is 22.2 Å². The lowest BCUT2D eigenvalue weighted by molar-refractivity contribution is 0.0966. The van der Waals surface area contributed by atoms with Crippen molar-refractivity contribution in [3.05, 3.63) is 42.9 Å². The quantitative estimate of drug-likeness (QED) is 0.393. The summed E-state index contributed by atoms with van der Waals surface area (Å²) in [4.78, 5) is 39.5. The summed E-state index contributed by atoms with van der Waals surface area (Å²) in [6.45, 7) is 2.33. The summed E-state index contributed by atoms with van der Waals surface area (Å²) in [6.07, 6.45) is 6.75. The number of H-pyrrole nitrogens is 2. The summed E-state index contributed by atoms with van der Waals surface area (Å²) in [5, 5.41) is 0. The van der Waals surface area contributed by atoms with Gasteiger partial charge in [-0.2, -0.15) is 0 Å². The highest BCUT2D eigenvalue weighted by molar-refractivity contribution is 7.71. The third-order valence-electron chi connectivity index (χ3n) is 6.38. The molecule has 6 rings (SSSR count). The summed E-state index contributed by atoms with van der Waals surface area (Å²) in [7, 11) is 0. The molecule has 4 aromatic heterocycles. The molecule has 2 saturated heterocycles. The van der Waals surface area contributed by atoms with Gasteiger partial charge >= 0.3 is 0 Å². The van der Waals surface area contributed by atoms with Gasteiger partial charge in [-0.1, -0.05) is 0 Å². The van der Waals surface area contributed by atoms with E-state index in [1.807, 2.05) is 9.13 Å². The van der Waals surface area contributed by atoms with Crippen molar-refractivity contribution in [2.45, 2.75) is 51.0 Å². The first-order valence-corrected chi connectivity index (χ1v) is 12.0. The van der Waals surface area contributed by atoms with Crippen LogP contribution in [0.25, 0.3) is 22.3 Å². The predicted octanol–water partition coefficient (Wildman–Crippen LogP) is 1.49. The van der Waals surface area contributed by atoms with Crippen molar-refractivity contribution in [2.75, 3.05) is 13.2 Å². The molecule has 178 valence electrons. The molecule has 0 saturated carbocycles. The van der Waals surface area contributed by atoms with Crippen LogP contribution in [0.3, 0.4) is 0 Å². The van der Waals surface area contributed by atoms with Crippen LogP contribution in [-0.4, -0.2) is 63.8 Å². The van der Waals surface area contributed by atoms with Crippen LogP contribution in [-0.2, 0) is 22.6 Å². The maximum Gasteiger partial charge on any atom is 0.279 e. The van der Waals surface area contributed by atoms with E-state index in [2.05, 4.69) is 19.9 Å². The van der Waals surface area contributed by atoms with Gasteiger partial charge in [0, 0.05) is 13.2 Å². The van der Waals surface area contributed by atoms with E-state index in [1.54, 1.807) is 9.35 Å². The molecule has 6 heterocycles. The van der Waals surface area contributed by atoms with Crippen LogP contribution in [0, 0.1) is 9.54 Å². The first kappa shape index (κ1) is 21.6. The minimum absolute atomic E-state index is 0.0183. The molecule has 14 heteroatoms. The Morgan fingerprint density at radius 1 is 0.824 bits per heavy atom. The number of imidazole rings is 2. The van der Waals surface area contributed by atoms with E-state index < -0.39 is 0 Å². The minimum atomic E-state index is -0.388. The van der Waals surface area contributed by atoms with Crippen LogP contribution in [0.1, 0.15) is 25.7 Å². The van der Waals surface area contributed by atoms with Crippen molar-refractivity contribution in [2.24, 2.45) is 0 Å². The van der Waals surface area contributed by atoms with Gasteiger partial charge in [0.05, 0.1) is 25.3 Å². The minimum Gasteiger partial charge on any atom is -0.376 e. The summed E-state index contributed by atoms with van der Waals surface area (Å²) >= 11 is 11.0. The van der Waals surface area contributed by atoms with Gasteiger partial charge in [-0.15, -0.1) is 0 Å². The molecule has 12 nitrogen and oxygen atoms in total. The van der Waals surface area contributed by atoms with Crippen LogP contribution in [0.5, 0.6) is 0 Å². The number of fused-ring (bicyclic) bond motifs is 2. The summed E-state index contributed by atoms with van der Waals surface area (Å²) in [5.41, 5.74) is 0.642. The number of aromatic nitrogens is 8. The van der Waals surface area contributed by atoms with Gasteiger partial charge in [-0.05, 0) is 50.1 Å². The number of rotatable bonds is 5. The molecule has 2 N–H and O–H groups in total. The molecule has 0 amide bonds. The second kappa shape index (κ2) is 8.37. The fraction of sp³-hybridized carbons (Fsp3) is 0.500. The van der Waals surface area contributed by atoms with E-state index in [0.29, 0.717) is 37.6 Å². The Labute approximate surface area is 201 Å². The molecule has 34 heavy (non-hydrogen) atoms. The average molecular weight is 503 g/mol. The topological polar surface area (TPSA) is 130 Å². The van der Waals surface area contributed by atoms with Crippen molar-refractivity contribution in [1.82, 2.24) is 38.4 Å². The first-order valence-electron chi connectivity index (χ1n) is 11.2. The molecule has 2 aliphatic rings. The third kappa shape index (κ3) is 3.48. The maximum atomic E-state index is 12.7. The molecule has 4 aromatic rings. The van der Waals surface area contributed by atoms with Crippen LogP contribution < -0.4 is 11.1 Å². The highest BCUT2D eigenvalue weighted by Crippen LogP contribution is 2.21. The van der Waals surface area contributed by atoms with E-state index in [4.69, 9.17) is 33.9 Å². The van der Waals surface area contributed by atoms with Gasteiger partial charge in [-0.25, -0.2) is 19.3 Å².